The fourth-order valence-electron chi connectivity index (χ4n) is 2.13. The molecule has 1 aromatic carbocycles. The Hall–Kier alpha value is -3.23. The molecule has 22 heavy (non-hydrogen) atoms. The van der Waals surface area contributed by atoms with Crippen LogP contribution in [0.25, 0.3) is 0 Å². The van der Waals surface area contributed by atoms with E-state index in [0.717, 1.165) is 10.7 Å². The maximum Gasteiger partial charge on any atom is 0.353 e. The molecule has 0 spiro atoms. The summed E-state index contributed by atoms with van der Waals surface area (Å²) in [5.41, 5.74) is 8.88. The summed E-state index contributed by atoms with van der Waals surface area (Å²) >= 11 is 0. The van der Waals surface area contributed by atoms with E-state index in [0.29, 0.717) is 11.6 Å². The van der Waals surface area contributed by atoms with Gasteiger partial charge >= 0.3 is 12.1 Å². The number of aromatic nitrogens is 2. The van der Waals surface area contributed by atoms with Gasteiger partial charge in [-0.05, 0) is 17.7 Å². The van der Waals surface area contributed by atoms with Crippen LogP contribution in [0.4, 0.5) is 15.4 Å². The van der Waals surface area contributed by atoms with Gasteiger partial charge in [-0.25, -0.2) is 24.1 Å². The highest BCUT2D eigenvalue weighted by molar-refractivity contribution is 5.86. The van der Waals surface area contributed by atoms with E-state index in [-0.39, 0.29) is 6.54 Å². The number of nitrogens with two attached hydrogens (primary N) is 1. The number of anilines is 1. The quantitative estimate of drug-likeness (QED) is 0.879. The number of rotatable bonds is 3. The molecule has 2 heterocycles. The van der Waals surface area contributed by atoms with Crippen molar-refractivity contribution in [2.45, 2.75) is 6.54 Å². The summed E-state index contributed by atoms with van der Waals surface area (Å²) in [4.78, 5) is 27.9. The number of hydrogen-bond donors (Lipinski definition) is 2. The lowest BCUT2D eigenvalue weighted by Crippen LogP contribution is -2.58. The van der Waals surface area contributed by atoms with Gasteiger partial charge in [0.15, 0.2) is 5.82 Å². The number of nitrogens with one attached hydrogen (secondary N) is 1. The second kappa shape index (κ2) is 5.28. The third kappa shape index (κ3) is 2.28. The van der Waals surface area contributed by atoms with Crippen LogP contribution in [0.1, 0.15) is 5.56 Å². The van der Waals surface area contributed by atoms with Crippen LogP contribution in [0.3, 0.4) is 0 Å². The van der Waals surface area contributed by atoms with Crippen LogP contribution in [-0.4, -0.2) is 38.8 Å². The van der Waals surface area contributed by atoms with Gasteiger partial charge in [0, 0.05) is 0 Å². The zero-order valence-electron chi connectivity index (χ0n) is 11.8. The number of urea groups is 1. The number of ether oxygens (including phenoxy) is 1. The Labute approximate surface area is 125 Å². The van der Waals surface area contributed by atoms with E-state index >= 15 is 0 Å². The van der Waals surface area contributed by atoms with Crippen molar-refractivity contribution in [3.63, 3.8) is 0 Å². The summed E-state index contributed by atoms with van der Waals surface area (Å²) in [7, 11) is 1.57. The largest absolute Gasteiger partial charge is 0.497 e. The van der Waals surface area contributed by atoms with Crippen LogP contribution in [0.2, 0.25) is 0 Å². The lowest BCUT2D eigenvalue weighted by Gasteiger charge is -2.37. The summed E-state index contributed by atoms with van der Waals surface area (Å²) < 4.78 is 6.38. The van der Waals surface area contributed by atoms with E-state index in [1.165, 1.54) is 22.1 Å². The van der Waals surface area contributed by atoms with Crippen LogP contribution in [0.5, 0.6) is 5.75 Å². The average Bonchev–Trinajstić information content (AvgIpc) is 2.99. The first kappa shape index (κ1) is 13.7. The van der Waals surface area contributed by atoms with E-state index in [4.69, 9.17) is 10.5 Å². The molecule has 0 radical (unpaired) electrons. The Kier molecular flexibility index (Phi) is 3.30. The number of amides is 3. The van der Waals surface area contributed by atoms with Crippen LogP contribution >= 0.6 is 0 Å². The number of primary amides is 1. The highest BCUT2D eigenvalue weighted by Crippen LogP contribution is 2.21. The Bertz CT molecular complexity index is 711. The monoisotopic (exact) mass is 302 g/mol. The number of nitrogens with zero attached hydrogens (tertiary/aromatic N) is 4. The average molecular weight is 302 g/mol. The van der Waals surface area contributed by atoms with Gasteiger partial charge in [0.2, 0.25) is 0 Å². The minimum Gasteiger partial charge on any atom is -0.497 e. The van der Waals surface area contributed by atoms with E-state index in [1.807, 2.05) is 0 Å². The summed E-state index contributed by atoms with van der Waals surface area (Å²) in [5, 5.41) is 2.16. The van der Waals surface area contributed by atoms with Gasteiger partial charge in [-0.3, -0.25) is 5.43 Å². The molecule has 9 heteroatoms. The molecule has 0 saturated heterocycles. The van der Waals surface area contributed by atoms with E-state index in [1.54, 1.807) is 31.4 Å². The molecule has 0 bridgehead atoms. The van der Waals surface area contributed by atoms with Crippen molar-refractivity contribution in [2.75, 3.05) is 12.5 Å². The molecule has 9 nitrogen and oxygen atoms in total. The molecule has 114 valence electrons. The van der Waals surface area contributed by atoms with Crippen molar-refractivity contribution in [1.82, 2.24) is 19.7 Å². The smallest absolute Gasteiger partial charge is 0.353 e. The van der Waals surface area contributed by atoms with Crippen molar-refractivity contribution in [3.05, 3.63) is 42.4 Å². The summed E-state index contributed by atoms with van der Waals surface area (Å²) in [6, 6.07) is 5.92. The van der Waals surface area contributed by atoms with Gasteiger partial charge in [-0.1, -0.05) is 12.1 Å². The van der Waals surface area contributed by atoms with Crippen LogP contribution < -0.4 is 15.9 Å². The molecule has 0 fully saturated rings. The zero-order chi connectivity index (χ0) is 15.7. The van der Waals surface area contributed by atoms with Gasteiger partial charge in [0.05, 0.1) is 19.9 Å². The van der Waals surface area contributed by atoms with Gasteiger partial charge in [-0.2, -0.15) is 0 Å². The molecule has 0 aliphatic carbocycles. The molecule has 0 atom stereocenters. The summed E-state index contributed by atoms with van der Waals surface area (Å²) in [6.07, 6.45) is 2.79. The maximum absolute atomic E-state index is 12.5. The Balaban J connectivity index is 1.89. The zero-order valence-corrected chi connectivity index (χ0v) is 11.8. The fraction of sp³-hybridized carbons (Fsp3) is 0.154. The van der Waals surface area contributed by atoms with Gasteiger partial charge in [-0.15, -0.1) is 5.12 Å². The standard InChI is InChI=1S/C13H14N6O3/c1-22-10-4-2-9(3-5-10)7-18-13(21)17-8-15-6-11(17)16-19(18)12(14)20/h2-6,8,16H,7H2,1H3,(H2,14,20). The molecular formula is C13H14N6O3. The molecular weight excluding hydrogens is 288 g/mol. The minimum absolute atomic E-state index is 0.163. The van der Waals surface area contributed by atoms with Crippen LogP contribution in [-0.2, 0) is 6.54 Å². The van der Waals surface area contributed by atoms with Crippen LogP contribution in [0, 0.1) is 0 Å². The molecule has 2 aromatic rings. The third-order valence-electron chi connectivity index (χ3n) is 3.23. The molecule has 3 N–H and O–H groups in total. The second-order valence-electron chi connectivity index (χ2n) is 4.60. The van der Waals surface area contributed by atoms with Crippen molar-refractivity contribution in [3.8, 4) is 5.75 Å². The van der Waals surface area contributed by atoms with Gasteiger partial charge < -0.3 is 10.5 Å². The van der Waals surface area contributed by atoms with Crippen molar-refractivity contribution < 1.29 is 14.3 Å². The molecule has 1 aliphatic rings. The number of hydrazine groups is 2. The highest BCUT2D eigenvalue weighted by Gasteiger charge is 2.32. The first-order valence-corrected chi connectivity index (χ1v) is 6.43. The SMILES string of the molecule is COc1ccc(CN2C(=O)n3cncc3NN2C(N)=O)cc1. The Morgan fingerprint density at radius 2 is 2.09 bits per heavy atom. The van der Waals surface area contributed by atoms with E-state index in [9.17, 15) is 9.59 Å². The number of fused-ring (bicyclic) bond motifs is 1. The maximum atomic E-state index is 12.5. The number of carbonyl (C=O) groups excluding carboxylic acids is 2. The minimum atomic E-state index is -0.797. The predicted molar refractivity (Wildman–Crippen MR) is 76.6 cm³/mol. The number of carbonyl (C=O) groups is 2. The van der Waals surface area contributed by atoms with Crippen molar-refractivity contribution in [1.29, 1.82) is 0 Å². The van der Waals surface area contributed by atoms with E-state index < -0.39 is 12.1 Å². The molecule has 3 amide bonds. The summed E-state index contributed by atoms with van der Waals surface area (Å²) in [6.45, 7) is 0.163. The summed E-state index contributed by atoms with van der Waals surface area (Å²) in [5.74, 6) is 1.07. The molecule has 0 unspecified atom stereocenters. The van der Waals surface area contributed by atoms with E-state index in [2.05, 4.69) is 10.4 Å². The van der Waals surface area contributed by atoms with Crippen LogP contribution in [0.15, 0.2) is 36.8 Å². The Morgan fingerprint density at radius 1 is 1.36 bits per heavy atom. The second-order valence-corrected chi connectivity index (χ2v) is 4.60. The lowest BCUT2D eigenvalue weighted by molar-refractivity contribution is 0.0558. The molecule has 3 rings (SSSR count). The van der Waals surface area contributed by atoms with Gasteiger partial charge in [0.25, 0.3) is 0 Å². The number of methoxy groups -OCH3 is 1. The number of benzene rings is 1. The first-order valence-electron chi connectivity index (χ1n) is 6.43. The lowest BCUT2D eigenvalue weighted by atomic mass is 10.2. The normalized spacial score (nSPS) is 13.6. The molecule has 1 aromatic heterocycles. The van der Waals surface area contributed by atoms with Crippen molar-refractivity contribution >= 4 is 17.9 Å². The molecule has 0 saturated carbocycles. The van der Waals surface area contributed by atoms with Crippen molar-refractivity contribution in [2.24, 2.45) is 5.73 Å². The third-order valence-corrected chi connectivity index (χ3v) is 3.23. The predicted octanol–water partition coefficient (Wildman–Crippen LogP) is 0.998. The fourth-order valence-corrected chi connectivity index (χ4v) is 2.13. The molecule has 1 aliphatic heterocycles. The topological polar surface area (TPSA) is 106 Å². The highest BCUT2D eigenvalue weighted by atomic mass is 16.5. The number of imidazole rings is 1. The number of hydrogen-bond acceptors (Lipinski definition) is 5. The Morgan fingerprint density at radius 3 is 2.73 bits per heavy atom. The first-order chi connectivity index (χ1) is 10.6. The van der Waals surface area contributed by atoms with Gasteiger partial charge in [0.1, 0.15) is 12.1 Å².